The molecule has 0 aliphatic carbocycles. The van der Waals surface area contributed by atoms with E-state index in [0.29, 0.717) is 33.9 Å². The Hall–Kier alpha value is -8.14. The Morgan fingerprint density at radius 3 is 1.44 bits per heavy atom. The summed E-state index contributed by atoms with van der Waals surface area (Å²) in [5.74, 6) is -0.850. The number of carboxylic acid groups (broad SMARTS) is 2. The number of nitrogens with one attached hydrogen (secondary N) is 2. The van der Waals surface area contributed by atoms with Crippen LogP contribution >= 0.6 is 0 Å². The van der Waals surface area contributed by atoms with E-state index in [9.17, 15) is 30.3 Å². The SMILES string of the molecule is Cc1c(COc2cnc(CNCC(O)CC(=O)O)nc2OCc2cncc(C#N)c2)cccc1-c1cccc(COc2cnc(CNC[C@@H](O)CC(=O)O)nc2OCc2cncc(C#N)c2)c1C. The molecule has 0 radical (unpaired) electrons. The number of nitrogens with zero attached hydrogens (tertiary/aromatic N) is 8. The van der Waals surface area contributed by atoms with E-state index in [1.165, 1.54) is 24.8 Å². The van der Waals surface area contributed by atoms with Crippen molar-refractivity contribution in [2.24, 2.45) is 0 Å². The van der Waals surface area contributed by atoms with Crippen molar-refractivity contribution in [3.05, 3.63) is 142 Å². The summed E-state index contributed by atoms with van der Waals surface area (Å²) in [6.45, 7) is 4.53. The van der Waals surface area contributed by atoms with E-state index < -0.39 is 37.0 Å². The normalized spacial score (nSPS) is 11.7. The first-order valence-corrected chi connectivity index (χ1v) is 21.2. The topological polar surface area (TPSA) is 301 Å². The van der Waals surface area contributed by atoms with E-state index in [1.54, 1.807) is 24.5 Å². The summed E-state index contributed by atoms with van der Waals surface area (Å²) in [5, 5.41) is 62.4. The van der Waals surface area contributed by atoms with Crippen LogP contribution in [0.5, 0.6) is 23.3 Å². The lowest BCUT2D eigenvalue weighted by atomic mass is 9.92. The molecular weight excluding hydrogens is 877 g/mol. The van der Waals surface area contributed by atoms with Crippen LogP contribution in [0, 0.1) is 36.5 Å². The molecule has 0 bridgehead atoms. The Balaban J connectivity index is 1.17. The zero-order valence-corrected chi connectivity index (χ0v) is 37.1. The molecule has 1 unspecified atom stereocenters. The monoisotopic (exact) mass is 924 g/mol. The molecule has 0 amide bonds. The number of aliphatic hydroxyl groups is 2. The summed E-state index contributed by atoms with van der Waals surface area (Å²) < 4.78 is 24.7. The van der Waals surface area contributed by atoms with Gasteiger partial charge in [0.1, 0.15) is 50.2 Å². The van der Waals surface area contributed by atoms with Crippen molar-refractivity contribution in [1.82, 2.24) is 40.5 Å². The number of carbonyl (C=O) groups is 2. The zero-order valence-electron chi connectivity index (χ0n) is 37.1. The fourth-order valence-corrected chi connectivity index (χ4v) is 6.74. The molecular formula is C48H48N10O10. The number of aliphatic carboxylic acids is 2. The highest BCUT2D eigenvalue weighted by atomic mass is 16.5. The lowest BCUT2D eigenvalue weighted by Crippen LogP contribution is -2.29. The van der Waals surface area contributed by atoms with Crippen LogP contribution in [0.25, 0.3) is 11.1 Å². The number of hydrogen-bond donors (Lipinski definition) is 6. The standard InChI is InChI=1S/C48H48N10O10/c1-29-35(27-65-41-21-55-43(23-53-19-37(59)11-45(61)62)57-47(41)67-25-33-9-31(13-49)15-51-17-33)5-3-7-39(29)40-8-4-6-36(30(40)2)28-66-42-22-56-44(24-54-20-38(60)12-46(63)64)58-48(42)68-26-34-10-32(14-50)16-52-18-34/h3-10,15-18,21-22,37-38,53-54,59-60H,11-12,19-20,23-28H2,1-2H3,(H,61,62)(H,63,64)/t37-,38?/m0/s1. The van der Waals surface area contributed by atoms with Gasteiger partial charge in [-0.3, -0.25) is 19.6 Å². The summed E-state index contributed by atoms with van der Waals surface area (Å²) in [7, 11) is 0. The van der Waals surface area contributed by atoms with E-state index in [2.05, 4.69) is 52.7 Å². The minimum absolute atomic E-state index is 0.00660. The van der Waals surface area contributed by atoms with Gasteiger partial charge in [0.05, 0.1) is 61.7 Å². The van der Waals surface area contributed by atoms with Gasteiger partial charge >= 0.3 is 11.9 Å². The molecule has 4 aromatic heterocycles. The number of nitriles is 2. The highest BCUT2D eigenvalue weighted by molar-refractivity contribution is 5.72. The third kappa shape index (κ3) is 14.4. The van der Waals surface area contributed by atoms with E-state index >= 15 is 0 Å². The molecule has 2 aromatic carbocycles. The number of hydrogen-bond acceptors (Lipinski definition) is 18. The van der Waals surface area contributed by atoms with Gasteiger partial charge in [0, 0.05) is 49.0 Å². The third-order valence-corrected chi connectivity index (χ3v) is 10.2. The van der Waals surface area contributed by atoms with Crippen molar-refractivity contribution in [1.29, 1.82) is 10.5 Å². The Morgan fingerprint density at radius 1 is 0.618 bits per heavy atom. The fourth-order valence-electron chi connectivity index (χ4n) is 6.74. The van der Waals surface area contributed by atoms with E-state index in [-0.39, 0.29) is 75.9 Å². The lowest BCUT2D eigenvalue weighted by molar-refractivity contribution is -0.140. The van der Waals surface area contributed by atoms with Crippen molar-refractivity contribution in [2.45, 2.75) is 78.4 Å². The Kier molecular flexibility index (Phi) is 17.7. The van der Waals surface area contributed by atoms with Crippen LogP contribution in [0.1, 0.15) is 69.0 Å². The van der Waals surface area contributed by atoms with Crippen LogP contribution in [0.15, 0.2) is 85.7 Å². The van der Waals surface area contributed by atoms with Crippen LogP contribution < -0.4 is 29.6 Å². The molecule has 0 spiro atoms. The van der Waals surface area contributed by atoms with Gasteiger partial charge in [0.15, 0.2) is 11.5 Å². The summed E-state index contributed by atoms with van der Waals surface area (Å²) in [6.07, 6.45) is 5.98. The summed E-state index contributed by atoms with van der Waals surface area (Å²) in [5.41, 5.74) is 7.57. The minimum Gasteiger partial charge on any atom is -0.482 e. The molecule has 20 heteroatoms. The first-order chi connectivity index (χ1) is 32.9. The predicted octanol–water partition coefficient (Wildman–Crippen LogP) is 4.25. The average molecular weight is 925 g/mol. The van der Waals surface area contributed by atoms with E-state index in [4.69, 9.17) is 29.2 Å². The molecule has 6 N–H and O–H groups in total. The third-order valence-electron chi connectivity index (χ3n) is 10.2. The maximum Gasteiger partial charge on any atom is 0.306 e. The number of rotatable bonds is 25. The molecule has 0 saturated carbocycles. The minimum atomic E-state index is -1.12. The predicted molar refractivity (Wildman–Crippen MR) is 241 cm³/mol. The van der Waals surface area contributed by atoms with Crippen molar-refractivity contribution < 1.29 is 49.0 Å². The molecule has 350 valence electrons. The van der Waals surface area contributed by atoms with Crippen molar-refractivity contribution in [3.63, 3.8) is 0 Å². The first kappa shape index (κ1) is 49.3. The number of aromatic nitrogens is 6. The van der Waals surface area contributed by atoms with Gasteiger partial charge in [-0.25, -0.2) is 9.97 Å². The zero-order chi connectivity index (χ0) is 48.4. The maximum absolute atomic E-state index is 11.0. The molecule has 68 heavy (non-hydrogen) atoms. The van der Waals surface area contributed by atoms with Gasteiger partial charge < -0.3 is 50.0 Å². The second-order valence-electron chi connectivity index (χ2n) is 15.4. The molecule has 6 rings (SSSR count). The molecule has 0 fully saturated rings. The van der Waals surface area contributed by atoms with Crippen molar-refractivity contribution in [3.8, 4) is 46.5 Å². The highest BCUT2D eigenvalue weighted by Gasteiger charge is 2.18. The van der Waals surface area contributed by atoms with Gasteiger partial charge in [0.25, 0.3) is 11.8 Å². The molecule has 0 aliphatic heterocycles. The van der Waals surface area contributed by atoms with E-state index in [0.717, 1.165) is 33.4 Å². The number of aliphatic hydroxyl groups excluding tert-OH is 2. The Bertz CT molecular complexity index is 2610. The molecule has 2 atom stereocenters. The average Bonchev–Trinajstić information content (AvgIpc) is 3.32. The summed E-state index contributed by atoms with van der Waals surface area (Å²) >= 11 is 0. The van der Waals surface area contributed by atoms with Crippen LogP contribution in [0.4, 0.5) is 0 Å². The number of ether oxygens (including phenoxy) is 4. The molecule has 4 heterocycles. The summed E-state index contributed by atoms with van der Waals surface area (Å²) in [4.78, 5) is 48.0. The molecule has 6 aromatic rings. The van der Waals surface area contributed by atoms with Crippen LogP contribution in [0.3, 0.4) is 0 Å². The van der Waals surface area contributed by atoms with Crippen LogP contribution in [-0.2, 0) is 49.1 Å². The summed E-state index contributed by atoms with van der Waals surface area (Å²) in [6, 6.07) is 19.2. The highest BCUT2D eigenvalue weighted by Crippen LogP contribution is 2.33. The second-order valence-corrected chi connectivity index (χ2v) is 15.4. The fraction of sp³-hybridized carbons (Fsp3) is 0.292. The second kappa shape index (κ2) is 24.4. The quantitative estimate of drug-likeness (QED) is 0.0467. The van der Waals surface area contributed by atoms with Crippen LogP contribution in [-0.4, -0.2) is 87.6 Å². The van der Waals surface area contributed by atoms with Gasteiger partial charge in [-0.1, -0.05) is 36.4 Å². The van der Waals surface area contributed by atoms with Gasteiger partial charge in [-0.15, -0.1) is 0 Å². The Labute approximate surface area is 390 Å². The molecule has 20 nitrogen and oxygen atoms in total. The van der Waals surface area contributed by atoms with Crippen molar-refractivity contribution in [2.75, 3.05) is 13.1 Å². The largest absolute Gasteiger partial charge is 0.482 e. The van der Waals surface area contributed by atoms with E-state index in [1.807, 2.05) is 50.2 Å². The first-order valence-electron chi connectivity index (χ1n) is 21.2. The molecule has 0 saturated heterocycles. The van der Waals surface area contributed by atoms with Gasteiger partial charge in [0.2, 0.25) is 0 Å². The Morgan fingerprint density at radius 2 is 1.04 bits per heavy atom. The number of pyridine rings is 2. The van der Waals surface area contributed by atoms with Crippen molar-refractivity contribution >= 4 is 11.9 Å². The smallest absolute Gasteiger partial charge is 0.306 e. The molecule has 0 aliphatic rings. The number of benzene rings is 2. The van der Waals surface area contributed by atoms with Gasteiger partial charge in [-0.2, -0.15) is 20.5 Å². The van der Waals surface area contributed by atoms with Gasteiger partial charge in [-0.05, 0) is 59.4 Å². The number of carboxylic acids is 2. The van der Waals surface area contributed by atoms with Crippen LogP contribution in [0.2, 0.25) is 0 Å². The lowest BCUT2D eigenvalue weighted by Gasteiger charge is -2.18. The maximum atomic E-state index is 11.0.